The molecule has 3 atom stereocenters. The standard InChI is InChI=1S/C20H28N2O5/c1-3-26-20(25)17(12-11-16-8-5-4-6-9-16)21-15(2)19(24)22-13-7-10-18(22)27-14-23/h4-6,8-9,14-15,17-18,21H,3,7,10-13H2,1-2H3/t15-,17-,18?/m0/s1. The van der Waals surface area contributed by atoms with Crippen LogP contribution in [0.3, 0.4) is 0 Å². The van der Waals surface area contributed by atoms with Crippen LogP contribution in [-0.4, -0.2) is 54.7 Å². The zero-order valence-electron chi connectivity index (χ0n) is 15.9. The Morgan fingerprint density at radius 3 is 2.74 bits per heavy atom. The van der Waals surface area contributed by atoms with Crippen LogP contribution in [0.15, 0.2) is 30.3 Å². The summed E-state index contributed by atoms with van der Waals surface area (Å²) >= 11 is 0. The summed E-state index contributed by atoms with van der Waals surface area (Å²) in [5.74, 6) is -0.552. The van der Waals surface area contributed by atoms with Crippen LogP contribution in [0.4, 0.5) is 0 Å². The average Bonchev–Trinajstić information content (AvgIpc) is 3.13. The van der Waals surface area contributed by atoms with Crippen molar-refractivity contribution in [2.75, 3.05) is 13.2 Å². The Labute approximate surface area is 160 Å². The number of benzene rings is 1. The number of rotatable bonds is 10. The molecule has 1 N–H and O–H groups in total. The second-order valence-corrected chi connectivity index (χ2v) is 6.58. The molecule has 1 fully saturated rings. The molecule has 1 aromatic carbocycles. The zero-order chi connectivity index (χ0) is 19.6. The average molecular weight is 376 g/mol. The third-order valence-electron chi connectivity index (χ3n) is 4.65. The Balaban J connectivity index is 1.98. The topological polar surface area (TPSA) is 84.9 Å². The van der Waals surface area contributed by atoms with E-state index < -0.39 is 18.3 Å². The minimum absolute atomic E-state index is 0.187. The molecule has 1 aliphatic heterocycles. The lowest BCUT2D eigenvalue weighted by atomic mass is 10.0. The van der Waals surface area contributed by atoms with E-state index in [4.69, 9.17) is 9.47 Å². The van der Waals surface area contributed by atoms with Gasteiger partial charge in [-0.2, -0.15) is 0 Å². The van der Waals surface area contributed by atoms with Crippen LogP contribution in [0.5, 0.6) is 0 Å². The molecule has 1 aliphatic rings. The van der Waals surface area contributed by atoms with Crippen molar-refractivity contribution >= 4 is 18.3 Å². The summed E-state index contributed by atoms with van der Waals surface area (Å²) in [5.41, 5.74) is 1.12. The van der Waals surface area contributed by atoms with E-state index in [1.54, 1.807) is 18.7 Å². The molecule has 0 saturated carbocycles. The maximum absolute atomic E-state index is 12.7. The summed E-state index contributed by atoms with van der Waals surface area (Å²) in [7, 11) is 0. The van der Waals surface area contributed by atoms with Crippen LogP contribution in [0, 0.1) is 0 Å². The molecule has 148 valence electrons. The number of ether oxygens (including phenoxy) is 2. The van der Waals surface area contributed by atoms with Crippen molar-refractivity contribution in [3.05, 3.63) is 35.9 Å². The highest BCUT2D eigenvalue weighted by molar-refractivity contribution is 5.83. The molecule has 1 heterocycles. The molecule has 7 heteroatoms. The number of carbonyl (C=O) groups excluding carboxylic acids is 3. The fourth-order valence-electron chi connectivity index (χ4n) is 3.28. The SMILES string of the molecule is CCOC(=O)[C@H](CCc1ccccc1)N[C@@H](C)C(=O)N1CCCC1OC=O. The van der Waals surface area contributed by atoms with Crippen molar-refractivity contribution in [2.24, 2.45) is 0 Å². The summed E-state index contributed by atoms with van der Waals surface area (Å²) < 4.78 is 10.1. The fourth-order valence-corrected chi connectivity index (χ4v) is 3.28. The van der Waals surface area contributed by atoms with Crippen LogP contribution < -0.4 is 5.32 Å². The van der Waals surface area contributed by atoms with Gasteiger partial charge in [-0.15, -0.1) is 0 Å². The van der Waals surface area contributed by atoms with Crippen molar-refractivity contribution < 1.29 is 23.9 Å². The molecule has 0 aromatic heterocycles. The monoisotopic (exact) mass is 376 g/mol. The van der Waals surface area contributed by atoms with Gasteiger partial charge in [-0.05, 0) is 38.7 Å². The van der Waals surface area contributed by atoms with Gasteiger partial charge in [0.15, 0.2) is 6.23 Å². The van der Waals surface area contributed by atoms with E-state index in [9.17, 15) is 14.4 Å². The van der Waals surface area contributed by atoms with E-state index in [-0.39, 0.29) is 18.5 Å². The van der Waals surface area contributed by atoms with Crippen molar-refractivity contribution in [3.63, 3.8) is 0 Å². The van der Waals surface area contributed by atoms with Gasteiger partial charge in [0.2, 0.25) is 5.91 Å². The summed E-state index contributed by atoms with van der Waals surface area (Å²) in [5, 5.41) is 3.10. The molecule has 0 radical (unpaired) electrons. The van der Waals surface area contributed by atoms with Gasteiger partial charge in [0.1, 0.15) is 6.04 Å². The number of amides is 1. The number of likely N-dealkylation sites (tertiary alicyclic amines) is 1. The molecule has 1 saturated heterocycles. The predicted octanol–water partition coefficient (Wildman–Crippen LogP) is 1.65. The van der Waals surface area contributed by atoms with E-state index in [0.717, 1.165) is 12.0 Å². The first-order valence-corrected chi connectivity index (χ1v) is 9.43. The number of esters is 1. The number of nitrogens with zero attached hydrogens (tertiary/aromatic N) is 1. The maximum Gasteiger partial charge on any atom is 0.323 e. The number of aryl methyl sites for hydroxylation is 1. The van der Waals surface area contributed by atoms with Crippen LogP contribution in [-0.2, 0) is 30.3 Å². The van der Waals surface area contributed by atoms with E-state index in [1.807, 2.05) is 30.3 Å². The Morgan fingerprint density at radius 2 is 2.07 bits per heavy atom. The van der Waals surface area contributed by atoms with Crippen molar-refractivity contribution in [2.45, 2.75) is 57.8 Å². The molecular weight excluding hydrogens is 348 g/mol. The first kappa shape index (κ1) is 20.9. The highest BCUT2D eigenvalue weighted by Gasteiger charge is 2.34. The molecule has 1 amide bonds. The van der Waals surface area contributed by atoms with Gasteiger partial charge >= 0.3 is 5.97 Å². The minimum Gasteiger partial charge on any atom is -0.465 e. The highest BCUT2D eigenvalue weighted by atomic mass is 16.5. The Hall–Kier alpha value is -2.41. The van der Waals surface area contributed by atoms with Gasteiger partial charge in [-0.3, -0.25) is 19.7 Å². The van der Waals surface area contributed by atoms with Gasteiger partial charge in [0.25, 0.3) is 6.47 Å². The lowest BCUT2D eigenvalue weighted by molar-refractivity contribution is -0.152. The molecule has 0 spiro atoms. The van der Waals surface area contributed by atoms with E-state index >= 15 is 0 Å². The third kappa shape index (κ3) is 6.06. The first-order chi connectivity index (χ1) is 13.1. The second-order valence-electron chi connectivity index (χ2n) is 6.58. The first-order valence-electron chi connectivity index (χ1n) is 9.43. The number of carbonyl (C=O) groups is 3. The maximum atomic E-state index is 12.7. The highest BCUT2D eigenvalue weighted by Crippen LogP contribution is 2.19. The van der Waals surface area contributed by atoms with Gasteiger partial charge in [0, 0.05) is 13.0 Å². The van der Waals surface area contributed by atoms with Crippen molar-refractivity contribution in [1.82, 2.24) is 10.2 Å². The van der Waals surface area contributed by atoms with Gasteiger partial charge in [-0.1, -0.05) is 30.3 Å². The smallest absolute Gasteiger partial charge is 0.323 e. The molecule has 1 unspecified atom stereocenters. The van der Waals surface area contributed by atoms with Gasteiger partial charge in [0.05, 0.1) is 12.6 Å². The lowest BCUT2D eigenvalue weighted by Gasteiger charge is -2.28. The molecule has 27 heavy (non-hydrogen) atoms. The molecule has 7 nitrogen and oxygen atoms in total. The van der Waals surface area contributed by atoms with Gasteiger partial charge in [-0.25, -0.2) is 0 Å². The van der Waals surface area contributed by atoms with E-state index in [2.05, 4.69) is 5.32 Å². The number of hydrogen-bond donors (Lipinski definition) is 1. The minimum atomic E-state index is -0.592. The predicted molar refractivity (Wildman–Crippen MR) is 99.7 cm³/mol. The van der Waals surface area contributed by atoms with Crippen LogP contribution in [0.2, 0.25) is 0 Å². The van der Waals surface area contributed by atoms with E-state index in [1.165, 1.54) is 0 Å². The van der Waals surface area contributed by atoms with Crippen molar-refractivity contribution in [3.8, 4) is 0 Å². The molecule has 0 bridgehead atoms. The second kappa shape index (κ2) is 10.7. The van der Waals surface area contributed by atoms with Crippen molar-refractivity contribution in [1.29, 1.82) is 0 Å². The number of nitrogens with one attached hydrogen (secondary N) is 1. The van der Waals surface area contributed by atoms with Crippen LogP contribution >= 0.6 is 0 Å². The number of hydrogen-bond acceptors (Lipinski definition) is 6. The third-order valence-corrected chi connectivity index (χ3v) is 4.65. The summed E-state index contributed by atoms with van der Waals surface area (Å²) in [6, 6.07) is 8.68. The van der Waals surface area contributed by atoms with Crippen LogP contribution in [0.25, 0.3) is 0 Å². The summed E-state index contributed by atoms with van der Waals surface area (Å²) in [6.07, 6.45) is 2.11. The molecular formula is C20H28N2O5. The van der Waals surface area contributed by atoms with E-state index in [0.29, 0.717) is 32.3 Å². The Kier molecular flexibility index (Phi) is 8.26. The largest absolute Gasteiger partial charge is 0.465 e. The summed E-state index contributed by atoms with van der Waals surface area (Å²) in [6.45, 7) is 4.67. The quantitative estimate of drug-likeness (QED) is 0.494. The Bertz CT molecular complexity index is 622. The fraction of sp³-hybridized carbons (Fsp3) is 0.550. The van der Waals surface area contributed by atoms with Gasteiger partial charge < -0.3 is 14.4 Å². The lowest BCUT2D eigenvalue weighted by Crippen LogP contribution is -2.52. The summed E-state index contributed by atoms with van der Waals surface area (Å²) in [4.78, 5) is 37.2. The normalized spacial score (nSPS) is 18.6. The van der Waals surface area contributed by atoms with Crippen LogP contribution in [0.1, 0.15) is 38.7 Å². The Morgan fingerprint density at radius 1 is 1.33 bits per heavy atom. The molecule has 2 rings (SSSR count). The molecule has 0 aliphatic carbocycles. The zero-order valence-corrected chi connectivity index (χ0v) is 15.9. The molecule has 1 aromatic rings.